The molecule has 0 saturated heterocycles. The molecule has 0 aliphatic rings. The van der Waals surface area contributed by atoms with Crippen LogP contribution in [0.25, 0.3) is 11.4 Å². The van der Waals surface area contributed by atoms with Crippen molar-refractivity contribution in [2.75, 3.05) is 6.54 Å². The maximum absolute atomic E-state index is 9.13. The lowest BCUT2D eigenvalue weighted by Crippen LogP contribution is -2.23. The van der Waals surface area contributed by atoms with E-state index >= 15 is 0 Å². The Bertz CT molecular complexity index is 474. The Labute approximate surface area is 119 Å². The first-order valence-electron chi connectivity index (χ1n) is 6.01. The molecule has 0 aliphatic carbocycles. The van der Waals surface area contributed by atoms with Gasteiger partial charge in [-0.3, -0.25) is 0 Å². The van der Waals surface area contributed by atoms with E-state index in [0.29, 0.717) is 13.1 Å². The second-order valence-corrected chi connectivity index (χ2v) is 4.26. The predicted molar refractivity (Wildman–Crippen MR) is 78.1 cm³/mol. The van der Waals surface area contributed by atoms with Gasteiger partial charge in [-0.15, -0.1) is 12.4 Å². The zero-order valence-electron chi connectivity index (χ0n) is 10.8. The van der Waals surface area contributed by atoms with Gasteiger partial charge in [0, 0.05) is 36.6 Å². The Morgan fingerprint density at radius 1 is 1.16 bits per heavy atom. The van der Waals surface area contributed by atoms with Crippen molar-refractivity contribution in [3.63, 3.8) is 0 Å². The van der Waals surface area contributed by atoms with Crippen molar-refractivity contribution in [1.29, 1.82) is 0 Å². The Kier molecular flexibility index (Phi) is 6.42. The summed E-state index contributed by atoms with van der Waals surface area (Å²) < 4.78 is 0. The molecule has 2 aromatic rings. The van der Waals surface area contributed by atoms with E-state index in [4.69, 9.17) is 5.11 Å². The van der Waals surface area contributed by atoms with Gasteiger partial charge in [-0.05, 0) is 6.92 Å². The molecule has 0 spiro atoms. The van der Waals surface area contributed by atoms with Crippen LogP contribution in [0.1, 0.15) is 12.5 Å². The van der Waals surface area contributed by atoms with Crippen molar-refractivity contribution >= 4 is 12.4 Å². The van der Waals surface area contributed by atoms with Gasteiger partial charge < -0.3 is 10.4 Å². The lowest BCUT2D eigenvalue weighted by atomic mass is 10.2. The molecule has 0 radical (unpaired) electrons. The van der Waals surface area contributed by atoms with Crippen LogP contribution in [0, 0.1) is 0 Å². The summed E-state index contributed by atoms with van der Waals surface area (Å²) in [5.74, 6) is 0.731. The number of aliphatic hydroxyl groups excluding tert-OH is 1. The first-order chi connectivity index (χ1) is 8.75. The maximum Gasteiger partial charge on any atom is 0.159 e. The molecule has 0 aliphatic heterocycles. The molecule has 102 valence electrons. The smallest absolute Gasteiger partial charge is 0.159 e. The minimum atomic E-state index is -0.338. The Hall–Kier alpha value is -1.49. The minimum Gasteiger partial charge on any atom is -0.392 e. The summed E-state index contributed by atoms with van der Waals surface area (Å²) in [6.45, 7) is 2.99. The first kappa shape index (κ1) is 15.6. The molecule has 1 atom stereocenters. The zero-order chi connectivity index (χ0) is 12.8. The van der Waals surface area contributed by atoms with Crippen LogP contribution >= 0.6 is 12.4 Å². The Morgan fingerprint density at radius 3 is 2.37 bits per heavy atom. The topological polar surface area (TPSA) is 58.0 Å². The summed E-state index contributed by atoms with van der Waals surface area (Å²) in [4.78, 5) is 8.67. The predicted octanol–water partition coefficient (Wildman–Crippen LogP) is 2.04. The van der Waals surface area contributed by atoms with Crippen LogP contribution in [0.3, 0.4) is 0 Å². The highest BCUT2D eigenvalue weighted by Crippen LogP contribution is 2.12. The average molecular weight is 280 g/mol. The summed E-state index contributed by atoms with van der Waals surface area (Å²) in [5.41, 5.74) is 2.02. The molecule has 4 nitrogen and oxygen atoms in total. The largest absolute Gasteiger partial charge is 0.392 e. The van der Waals surface area contributed by atoms with Crippen molar-refractivity contribution < 1.29 is 5.11 Å². The molecule has 5 heteroatoms. The van der Waals surface area contributed by atoms with Gasteiger partial charge in [-0.2, -0.15) is 0 Å². The van der Waals surface area contributed by atoms with E-state index in [1.807, 2.05) is 42.7 Å². The fourth-order valence-corrected chi connectivity index (χ4v) is 1.61. The highest BCUT2D eigenvalue weighted by Gasteiger charge is 2.01. The molecule has 0 saturated carbocycles. The molecule has 0 fully saturated rings. The van der Waals surface area contributed by atoms with Gasteiger partial charge >= 0.3 is 0 Å². The van der Waals surface area contributed by atoms with Crippen molar-refractivity contribution in [1.82, 2.24) is 15.3 Å². The monoisotopic (exact) mass is 279 g/mol. The fourth-order valence-electron chi connectivity index (χ4n) is 1.61. The van der Waals surface area contributed by atoms with Gasteiger partial charge in [0.15, 0.2) is 5.82 Å². The van der Waals surface area contributed by atoms with Crippen LogP contribution in [-0.4, -0.2) is 27.7 Å². The number of rotatable bonds is 5. The van der Waals surface area contributed by atoms with E-state index in [2.05, 4.69) is 15.3 Å². The van der Waals surface area contributed by atoms with Crippen molar-refractivity contribution in [2.24, 2.45) is 0 Å². The molecule has 2 N–H and O–H groups in total. The van der Waals surface area contributed by atoms with Gasteiger partial charge in [-0.1, -0.05) is 30.3 Å². The molecule has 0 amide bonds. The molecular formula is C14H18ClN3O. The number of nitrogens with zero attached hydrogens (tertiary/aromatic N) is 2. The van der Waals surface area contributed by atoms with Crippen molar-refractivity contribution in [2.45, 2.75) is 19.6 Å². The molecule has 1 aromatic heterocycles. The summed E-state index contributed by atoms with van der Waals surface area (Å²) >= 11 is 0. The Morgan fingerprint density at radius 2 is 1.79 bits per heavy atom. The van der Waals surface area contributed by atoms with Crippen LogP contribution in [0.2, 0.25) is 0 Å². The number of nitrogens with one attached hydrogen (secondary N) is 1. The third kappa shape index (κ3) is 4.95. The molecule has 1 aromatic carbocycles. The van der Waals surface area contributed by atoms with E-state index in [0.717, 1.165) is 17.0 Å². The SMILES string of the molecule is CC(O)CNCc1cnc(-c2ccccc2)nc1.Cl. The van der Waals surface area contributed by atoms with Crippen molar-refractivity contribution in [3.8, 4) is 11.4 Å². The van der Waals surface area contributed by atoms with E-state index in [-0.39, 0.29) is 18.5 Å². The minimum absolute atomic E-state index is 0. The van der Waals surface area contributed by atoms with Crippen LogP contribution in [0.4, 0.5) is 0 Å². The number of aliphatic hydroxyl groups is 1. The van der Waals surface area contributed by atoms with Gasteiger partial charge in [0.05, 0.1) is 6.10 Å². The maximum atomic E-state index is 9.13. The number of benzene rings is 1. The van der Waals surface area contributed by atoms with Crippen LogP contribution in [0.5, 0.6) is 0 Å². The standard InChI is InChI=1S/C14H17N3O.ClH/c1-11(18)7-15-8-12-9-16-14(17-10-12)13-5-3-2-4-6-13;/h2-6,9-11,15,18H,7-8H2,1H3;1H. The highest BCUT2D eigenvalue weighted by molar-refractivity contribution is 5.85. The van der Waals surface area contributed by atoms with Gasteiger partial charge in [0.25, 0.3) is 0 Å². The zero-order valence-corrected chi connectivity index (χ0v) is 11.6. The molecule has 0 bridgehead atoms. The number of aromatic nitrogens is 2. The first-order valence-corrected chi connectivity index (χ1v) is 6.01. The van der Waals surface area contributed by atoms with Crippen LogP contribution in [-0.2, 0) is 6.54 Å². The quantitative estimate of drug-likeness (QED) is 0.879. The Balaban J connectivity index is 0.00000180. The number of hydrogen-bond acceptors (Lipinski definition) is 4. The summed E-state index contributed by atoms with van der Waals surface area (Å²) in [5, 5.41) is 12.3. The van der Waals surface area contributed by atoms with Gasteiger partial charge in [0.2, 0.25) is 0 Å². The lowest BCUT2D eigenvalue weighted by molar-refractivity contribution is 0.191. The molecule has 1 unspecified atom stereocenters. The third-order valence-electron chi connectivity index (χ3n) is 2.51. The van der Waals surface area contributed by atoms with Crippen molar-refractivity contribution in [3.05, 3.63) is 48.3 Å². The number of hydrogen-bond donors (Lipinski definition) is 2. The van der Waals surface area contributed by atoms with E-state index in [1.54, 1.807) is 6.92 Å². The van der Waals surface area contributed by atoms with Crippen LogP contribution < -0.4 is 5.32 Å². The fraction of sp³-hybridized carbons (Fsp3) is 0.286. The molecule has 19 heavy (non-hydrogen) atoms. The summed E-state index contributed by atoms with van der Waals surface area (Å²) in [7, 11) is 0. The second-order valence-electron chi connectivity index (χ2n) is 4.26. The lowest BCUT2D eigenvalue weighted by Gasteiger charge is -2.06. The summed E-state index contributed by atoms with van der Waals surface area (Å²) in [6, 6.07) is 9.88. The second kappa shape index (κ2) is 7.84. The van der Waals surface area contributed by atoms with Crippen LogP contribution in [0.15, 0.2) is 42.7 Å². The molecular weight excluding hydrogens is 262 g/mol. The molecule has 2 rings (SSSR count). The summed E-state index contributed by atoms with van der Waals surface area (Å²) in [6.07, 6.45) is 3.28. The molecule has 1 heterocycles. The average Bonchev–Trinajstić information content (AvgIpc) is 2.40. The number of halogens is 1. The van der Waals surface area contributed by atoms with E-state index in [9.17, 15) is 0 Å². The van der Waals surface area contributed by atoms with Gasteiger partial charge in [0.1, 0.15) is 0 Å². The van der Waals surface area contributed by atoms with Gasteiger partial charge in [-0.25, -0.2) is 9.97 Å². The third-order valence-corrected chi connectivity index (χ3v) is 2.51. The highest BCUT2D eigenvalue weighted by atomic mass is 35.5. The van der Waals surface area contributed by atoms with E-state index in [1.165, 1.54) is 0 Å². The normalized spacial score (nSPS) is 11.7. The van der Waals surface area contributed by atoms with E-state index < -0.39 is 0 Å².